The van der Waals surface area contributed by atoms with Crippen LogP contribution in [0, 0.1) is 26.6 Å². The van der Waals surface area contributed by atoms with Gasteiger partial charge in [0.2, 0.25) is 0 Å². The summed E-state index contributed by atoms with van der Waals surface area (Å²) in [6, 6.07) is 10.6. The fourth-order valence-electron chi connectivity index (χ4n) is 2.31. The maximum absolute atomic E-state index is 13.3. The molecule has 0 radical (unpaired) electrons. The summed E-state index contributed by atoms with van der Waals surface area (Å²) in [4.78, 5) is 0. The first-order chi connectivity index (χ1) is 8.99. The van der Waals surface area contributed by atoms with Crippen molar-refractivity contribution in [2.24, 2.45) is 0 Å². The first-order valence-electron chi connectivity index (χ1n) is 6.48. The van der Waals surface area contributed by atoms with Gasteiger partial charge in [0.05, 0.1) is 6.10 Å². The van der Waals surface area contributed by atoms with Crippen LogP contribution in [0.2, 0.25) is 0 Å². The highest BCUT2D eigenvalue weighted by Crippen LogP contribution is 2.25. The third-order valence-electron chi connectivity index (χ3n) is 3.73. The summed E-state index contributed by atoms with van der Waals surface area (Å²) in [6.07, 6.45) is -0.158. The highest BCUT2D eigenvalue weighted by Gasteiger charge is 2.13. The van der Waals surface area contributed by atoms with Gasteiger partial charge in [-0.15, -0.1) is 0 Å². The molecule has 2 aromatic carbocycles. The SMILES string of the molecule is Cc1ccc(F)cc1CC(O)c1cccc(C)c1C. The van der Waals surface area contributed by atoms with Gasteiger partial charge >= 0.3 is 0 Å². The van der Waals surface area contributed by atoms with E-state index in [4.69, 9.17) is 0 Å². The third-order valence-corrected chi connectivity index (χ3v) is 3.73. The van der Waals surface area contributed by atoms with Crippen LogP contribution in [-0.2, 0) is 6.42 Å². The van der Waals surface area contributed by atoms with Gasteiger partial charge < -0.3 is 5.11 Å². The number of aliphatic hydroxyl groups excluding tert-OH is 1. The monoisotopic (exact) mass is 258 g/mol. The lowest BCUT2D eigenvalue weighted by Crippen LogP contribution is -2.06. The molecule has 1 N–H and O–H groups in total. The summed E-state index contributed by atoms with van der Waals surface area (Å²) in [7, 11) is 0. The topological polar surface area (TPSA) is 20.2 Å². The smallest absolute Gasteiger partial charge is 0.123 e. The highest BCUT2D eigenvalue weighted by atomic mass is 19.1. The van der Waals surface area contributed by atoms with E-state index in [0.29, 0.717) is 6.42 Å². The zero-order valence-corrected chi connectivity index (χ0v) is 11.6. The second-order valence-electron chi connectivity index (χ2n) is 5.08. The van der Waals surface area contributed by atoms with Crippen LogP contribution in [0.15, 0.2) is 36.4 Å². The van der Waals surface area contributed by atoms with Gasteiger partial charge in [0.25, 0.3) is 0 Å². The molecule has 2 heteroatoms. The predicted octanol–water partition coefficient (Wildman–Crippen LogP) is 4.03. The zero-order chi connectivity index (χ0) is 14.0. The molecule has 0 saturated carbocycles. The van der Waals surface area contributed by atoms with Crippen molar-refractivity contribution >= 4 is 0 Å². The maximum Gasteiger partial charge on any atom is 0.123 e. The second-order valence-corrected chi connectivity index (χ2v) is 5.08. The summed E-state index contributed by atoms with van der Waals surface area (Å²) in [6.45, 7) is 5.97. The van der Waals surface area contributed by atoms with Crippen LogP contribution in [0.4, 0.5) is 4.39 Å². The third kappa shape index (κ3) is 3.02. The molecule has 0 aliphatic rings. The Morgan fingerprint density at radius 3 is 2.53 bits per heavy atom. The van der Waals surface area contributed by atoms with Crippen LogP contribution in [0.5, 0.6) is 0 Å². The Kier molecular flexibility index (Phi) is 4.01. The second kappa shape index (κ2) is 5.54. The molecule has 0 bridgehead atoms. The highest BCUT2D eigenvalue weighted by molar-refractivity contribution is 5.36. The molecular weight excluding hydrogens is 239 g/mol. The summed E-state index contributed by atoms with van der Waals surface area (Å²) in [5, 5.41) is 10.4. The van der Waals surface area contributed by atoms with Gasteiger partial charge in [0, 0.05) is 6.42 Å². The summed E-state index contributed by atoms with van der Waals surface area (Å²) < 4.78 is 13.3. The number of hydrogen-bond donors (Lipinski definition) is 1. The molecule has 1 atom stereocenters. The molecule has 0 heterocycles. The Bertz CT molecular complexity index is 590. The average Bonchev–Trinajstić information content (AvgIpc) is 2.37. The van der Waals surface area contributed by atoms with Gasteiger partial charge in [0.1, 0.15) is 5.82 Å². The Morgan fingerprint density at radius 1 is 1.05 bits per heavy atom. The number of benzene rings is 2. The summed E-state index contributed by atoms with van der Waals surface area (Å²) >= 11 is 0. The van der Waals surface area contributed by atoms with Crippen molar-refractivity contribution in [2.45, 2.75) is 33.3 Å². The van der Waals surface area contributed by atoms with E-state index in [-0.39, 0.29) is 5.82 Å². The summed E-state index contributed by atoms with van der Waals surface area (Å²) in [5.41, 5.74) is 5.04. The maximum atomic E-state index is 13.3. The Morgan fingerprint density at radius 2 is 1.79 bits per heavy atom. The molecular formula is C17H19FO. The predicted molar refractivity (Wildman–Crippen MR) is 75.7 cm³/mol. The Hall–Kier alpha value is -1.67. The quantitative estimate of drug-likeness (QED) is 0.881. The molecule has 0 aliphatic heterocycles. The number of aliphatic hydroxyl groups is 1. The van der Waals surface area contributed by atoms with E-state index in [2.05, 4.69) is 0 Å². The molecule has 2 rings (SSSR count). The molecule has 2 aromatic rings. The standard InChI is InChI=1S/C17H19FO/c1-11-5-4-6-16(13(11)3)17(19)10-14-9-15(18)8-7-12(14)2/h4-9,17,19H,10H2,1-3H3. The van der Waals surface area contributed by atoms with Crippen LogP contribution >= 0.6 is 0 Å². The minimum Gasteiger partial charge on any atom is -0.388 e. The number of hydrogen-bond acceptors (Lipinski definition) is 1. The Labute approximate surface area is 113 Å². The molecule has 100 valence electrons. The fraction of sp³-hybridized carbons (Fsp3) is 0.294. The van der Waals surface area contributed by atoms with Gasteiger partial charge in [0.15, 0.2) is 0 Å². The van der Waals surface area contributed by atoms with Crippen molar-refractivity contribution in [3.63, 3.8) is 0 Å². The van der Waals surface area contributed by atoms with Crippen molar-refractivity contribution < 1.29 is 9.50 Å². The Balaban J connectivity index is 2.28. The molecule has 19 heavy (non-hydrogen) atoms. The molecule has 0 saturated heterocycles. The van der Waals surface area contributed by atoms with E-state index < -0.39 is 6.10 Å². The fourth-order valence-corrected chi connectivity index (χ4v) is 2.31. The lowest BCUT2D eigenvalue weighted by atomic mass is 9.93. The average molecular weight is 258 g/mol. The number of rotatable bonds is 3. The van der Waals surface area contributed by atoms with Crippen molar-refractivity contribution in [1.82, 2.24) is 0 Å². The van der Waals surface area contributed by atoms with Crippen LogP contribution in [0.1, 0.15) is 33.9 Å². The van der Waals surface area contributed by atoms with Crippen LogP contribution < -0.4 is 0 Å². The van der Waals surface area contributed by atoms with E-state index in [9.17, 15) is 9.50 Å². The first kappa shape index (κ1) is 13.8. The minimum atomic E-state index is -0.597. The zero-order valence-electron chi connectivity index (χ0n) is 11.6. The molecule has 0 spiro atoms. The van der Waals surface area contributed by atoms with E-state index in [1.807, 2.05) is 39.0 Å². The van der Waals surface area contributed by atoms with Gasteiger partial charge in [-0.05, 0) is 60.7 Å². The van der Waals surface area contributed by atoms with Gasteiger partial charge in [-0.25, -0.2) is 4.39 Å². The molecule has 1 unspecified atom stereocenters. The van der Waals surface area contributed by atoms with E-state index in [1.54, 1.807) is 6.07 Å². The van der Waals surface area contributed by atoms with Gasteiger partial charge in [-0.2, -0.15) is 0 Å². The molecule has 0 aliphatic carbocycles. The van der Waals surface area contributed by atoms with Crippen molar-refractivity contribution in [2.75, 3.05) is 0 Å². The van der Waals surface area contributed by atoms with Gasteiger partial charge in [-0.3, -0.25) is 0 Å². The lowest BCUT2D eigenvalue weighted by molar-refractivity contribution is 0.177. The number of halogens is 1. The van der Waals surface area contributed by atoms with Crippen LogP contribution in [0.3, 0.4) is 0 Å². The van der Waals surface area contributed by atoms with E-state index in [0.717, 1.165) is 27.8 Å². The molecule has 0 fully saturated rings. The number of aryl methyl sites for hydroxylation is 2. The largest absolute Gasteiger partial charge is 0.388 e. The molecule has 0 amide bonds. The van der Waals surface area contributed by atoms with Crippen molar-refractivity contribution in [3.05, 3.63) is 70.0 Å². The minimum absolute atomic E-state index is 0.256. The van der Waals surface area contributed by atoms with E-state index >= 15 is 0 Å². The van der Waals surface area contributed by atoms with Gasteiger partial charge in [-0.1, -0.05) is 24.3 Å². The van der Waals surface area contributed by atoms with E-state index in [1.165, 1.54) is 12.1 Å². The summed E-state index contributed by atoms with van der Waals surface area (Å²) in [5.74, 6) is -0.256. The normalized spacial score (nSPS) is 12.5. The van der Waals surface area contributed by atoms with Crippen LogP contribution in [0.25, 0.3) is 0 Å². The van der Waals surface area contributed by atoms with Crippen molar-refractivity contribution in [3.8, 4) is 0 Å². The molecule has 1 nitrogen and oxygen atoms in total. The first-order valence-corrected chi connectivity index (χ1v) is 6.48. The van der Waals surface area contributed by atoms with Crippen molar-refractivity contribution in [1.29, 1.82) is 0 Å². The molecule has 0 aromatic heterocycles. The lowest BCUT2D eigenvalue weighted by Gasteiger charge is -2.16. The van der Waals surface area contributed by atoms with Crippen LogP contribution in [-0.4, -0.2) is 5.11 Å².